The third-order valence-electron chi connectivity index (χ3n) is 3.80. The molecule has 0 atom stereocenters. The first kappa shape index (κ1) is 15.2. The number of carbonyl (C=O) groups is 1. The minimum absolute atomic E-state index is 0.0240. The van der Waals surface area contributed by atoms with Crippen molar-refractivity contribution in [2.24, 2.45) is 0 Å². The number of rotatable bonds is 5. The standard InChI is InChI=1S/C18H19NO4/c1-3-19(18(20)14-5-4-6-15(10-14)21-2)11-13-7-8-16-17(9-13)23-12-22-16/h4-10H,3,11-12H2,1-2H3. The molecule has 1 heterocycles. The van der Waals surface area contributed by atoms with E-state index >= 15 is 0 Å². The van der Waals surface area contributed by atoms with Crippen molar-refractivity contribution in [2.75, 3.05) is 20.4 Å². The van der Waals surface area contributed by atoms with Crippen LogP contribution in [0.4, 0.5) is 0 Å². The average molecular weight is 313 g/mol. The second-order valence-corrected chi connectivity index (χ2v) is 5.24. The number of hydrogen-bond donors (Lipinski definition) is 0. The maximum atomic E-state index is 12.7. The molecule has 0 N–H and O–H groups in total. The second kappa shape index (κ2) is 6.60. The van der Waals surface area contributed by atoms with Crippen LogP contribution in [0.1, 0.15) is 22.8 Å². The van der Waals surface area contributed by atoms with Gasteiger partial charge in [0.1, 0.15) is 5.75 Å². The van der Waals surface area contributed by atoms with Gasteiger partial charge in [0, 0.05) is 18.7 Å². The Labute approximate surface area is 135 Å². The van der Waals surface area contributed by atoms with Crippen molar-refractivity contribution >= 4 is 5.91 Å². The number of hydrogen-bond acceptors (Lipinski definition) is 4. The van der Waals surface area contributed by atoms with Gasteiger partial charge in [-0.25, -0.2) is 0 Å². The number of benzene rings is 2. The molecule has 0 unspecified atom stereocenters. The molecule has 0 radical (unpaired) electrons. The third kappa shape index (κ3) is 3.23. The van der Waals surface area contributed by atoms with Gasteiger partial charge in [-0.15, -0.1) is 0 Å². The highest BCUT2D eigenvalue weighted by molar-refractivity contribution is 5.94. The van der Waals surface area contributed by atoms with Crippen LogP contribution in [0.5, 0.6) is 17.2 Å². The topological polar surface area (TPSA) is 48.0 Å². The Bertz CT molecular complexity index is 714. The molecule has 1 amide bonds. The largest absolute Gasteiger partial charge is 0.497 e. The molecule has 0 spiro atoms. The van der Waals surface area contributed by atoms with E-state index in [0.717, 1.165) is 17.1 Å². The minimum atomic E-state index is -0.0240. The number of ether oxygens (including phenoxy) is 3. The van der Waals surface area contributed by atoms with Crippen molar-refractivity contribution in [1.29, 1.82) is 0 Å². The van der Waals surface area contributed by atoms with E-state index in [0.29, 0.717) is 24.4 Å². The van der Waals surface area contributed by atoms with Gasteiger partial charge >= 0.3 is 0 Å². The molecule has 2 aromatic rings. The lowest BCUT2D eigenvalue weighted by Gasteiger charge is -2.21. The van der Waals surface area contributed by atoms with Crippen molar-refractivity contribution in [3.63, 3.8) is 0 Å². The predicted octanol–water partition coefficient (Wildman–Crippen LogP) is 3.09. The number of carbonyl (C=O) groups excluding carboxylic acids is 1. The van der Waals surface area contributed by atoms with E-state index in [4.69, 9.17) is 14.2 Å². The van der Waals surface area contributed by atoms with Crippen LogP contribution in [-0.4, -0.2) is 31.3 Å². The molecule has 0 saturated heterocycles. The summed E-state index contributed by atoms with van der Waals surface area (Å²) >= 11 is 0. The molecule has 0 bridgehead atoms. The summed E-state index contributed by atoms with van der Waals surface area (Å²) in [6, 6.07) is 12.9. The molecule has 0 saturated carbocycles. The normalized spacial score (nSPS) is 12.1. The molecule has 3 rings (SSSR count). The van der Waals surface area contributed by atoms with Gasteiger partial charge in [0.05, 0.1) is 7.11 Å². The molecule has 1 aliphatic rings. The van der Waals surface area contributed by atoms with Gasteiger partial charge in [0.2, 0.25) is 6.79 Å². The first-order valence-corrected chi connectivity index (χ1v) is 7.53. The number of fused-ring (bicyclic) bond motifs is 1. The first-order valence-electron chi connectivity index (χ1n) is 7.53. The Balaban J connectivity index is 1.77. The fourth-order valence-electron chi connectivity index (χ4n) is 2.53. The zero-order chi connectivity index (χ0) is 16.2. The second-order valence-electron chi connectivity index (χ2n) is 5.24. The summed E-state index contributed by atoms with van der Waals surface area (Å²) in [7, 11) is 1.59. The highest BCUT2D eigenvalue weighted by atomic mass is 16.7. The molecule has 0 aromatic heterocycles. The molecular formula is C18H19NO4. The molecule has 0 aliphatic carbocycles. The van der Waals surface area contributed by atoms with Crippen molar-refractivity contribution in [1.82, 2.24) is 4.90 Å². The van der Waals surface area contributed by atoms with Gasteiger partial charge in [-0.3, -0.25) is 4.79 Å². The summed E-state index contributed by atoms with van der Waals surface area (Å²) in [5.41, 5.74) is 1.62. The smallest absolute Gasteiger partial charge is 0.254 e. The lowest BCUT2D eigenvalue weighted by molar-refractivity contribution is 0.0752. The predicted molar refractivity (Wildman–Crippen MR) is 86.0 cm³/mol. The summed E-state index contributed by atoms with van der Waals surface area (Å²) in [5.74, 6) is 2.13. The Hall–Kier alpha value is -2.69. The van der Waals surface area contributed by atoms with E-state index in [2.05, 4.69) is 0 Å². The maximum Gasteiger partial charge on any atom is 0.254 e. The van der Waals surface area contributed by atoms with Crippen LogP contribution in [0.2, 0.25) is 0 Å². The molecule has 1 aliphatic heterocycles. The molecule has 23 heavy (non-hydrogen) atoms. The molecule has 0 fully saturated rings. The van der Waals surface area contributed by atoms with Crippen LogP contribution in [0, 0.1) is 0 Å². The zero-order valence-corrected chi connectivity index (χ0v) is 13.2. The van der Waals surface area contributed by atoms with Gasteiger partial charge in [0.15, 0.2) is 11.5 Å². The van der Waals surface area contributed by atoms with Gasteiger partial charge < -0.3 is 19.1 Å². The van der Waals surface area contributed by atoms with Crippen molar-refractivity contribution in [2.45, 2.75) is 13.5 Å². The fourth-order valence-corrected chi connectivity index (χ4v) is 2.53. The molecule has 2 aromatic carbocycles. The zero-order valence-electron chi connectivity index (χ0n) is 13.2. The highest BCUT2D eigenvalue weighted by Gasteiger charge is 2.18. The molecule has 5 heteroatoms. The lowest BCUT2D eigenvalue weighted by atomic mass is 10.1. The highest BCUT2D eigenvalue weighted by Crippen LogP contribution is 2.32. The van der Waals surface area contributed by atoms with Crippen LogP contribution < -0.4 is 14.2 Å². The summed E-state index contributed by atoms with van der Waals surface area (Å²) in [5, 5.41) is 0. The first-order chi connectivity index (χ1) is 11.2. The van der Waals surface area contributed by atoms with Crippen molar-refractivity contribution < 1.29 is 19.0 Å². The van der Waals surface area contributed by atoms with Crippen LogP contribution >= 0.6 is 0 Å². The van der Waals surface area contributed by atoms with E-state index in [1.54, 1.807) is 24.1 Å². The Morgan fingerprint density at radius 1 is 1.17 bits per heavy atom. The summed E-state index contributed by atoms with van der Waals surface area (Å²) < 4.78 is 15.9. The fraction of sp³-hybridized carbons (Fsp3) is 0.278. The Morgan fingerprint density at radius 2 is 2.00 bits per heavy atom. The number of nitrogens with zero attached hydrogens (tertiary/aromatic N) is 1. The minimum Gasteiger partial charge on any atom is -0.497 e. The van der Waals surface area contributed by atoms with Gasteiger partial charge in [-0.2, -0.15) is 0 Å². The van der Waals surface area contributed by atoms with Crippen LogP contribution in [0.15, 0.2) is 42.5 Å². The van der Waals surface area contributed by atoms with Crippen LogP contribution in [0.3, 0.4) is 0 Å². The third-order valence-corrected chi connectivity index (χ3v) is 3.80. The summed E-state index contributed by atoms with van der Waals surface area (Å²) in [6.45, 7) is 3.34. The van der Waals surface area contributed by atoms with Crippen molar-refractivity contribution in [3.8, 4) is 17.2 Å². The Kier molecular flexibility index (Phi) is 4.37. The average Bonchev–Trinajstić information content (AvgIpc) is 3.06. The van der Waals surface area contributed by atoms with E-state index in [1.807, 2.05) is 37.3 Å². The van der Waals surface area contributed by atoms with Crippen molar-refractivity contribution in [3.05, 3.63) is 53.6 Å². The van der Waals surface area contributed by atoms with Gasteiger partial charge in [0.25, 0.3) is 5.91 Å². The molecular weight excluding hydrogens is 294 g/mol. The summed E-state index contributed by atoms with van der Waals surface area (Å²) in [6.07, 6.45) is 0. The molecule has 5 nitrogen and oxygen atoms in total. The van der Waals surface area contributed by atoms with Gasteiger partial charge in [-0.1, -0.05) is 12.1 Å². The van der Waals surface area contributed by atoms with Gasteiger partial charge in [-0.05, 0) is 42.8 Å². The number of methoxy groups -OCH3 is 1. The SMILES string of the molecule is CCN(Cc1ccc2c(c1)OCO2)C(=O)c1cccc(OC)c1. The van der Waals surface area contributed by atoms with E-state index in [-0.39, 0.29) is 12.7 Å². The van der Waals surface area contributed by atoms with Crippen LogP contribution in [-0.2, 0) is 6.54 Å². The van der Waals surface area contributed by atoms with Crippen LogP contribution in [0.25, 0.3) is 0 Å². The van der Waals surface area contributed by atoms with E-state index in [9.17, 15) is 4.79 Å². The van der Waals surface area contributed by atoms with E-state index < -0.39 is 0 Å². The Morgan fingerprint density at radius 3 is 2.78 bits per heavy atom. The molecule has 120 valence electrons. The number of amides is 1. The monoisotopic (exact) mass is 313 g/mol. The maximum absolute atomic E-state index is 12.7. The lowest BCUT2D eigenvalue weighted by Crippen LogP contribution is -2.30. The quantitative estimate of drug-likeness (QED) is 0.851. The van der Waals surface area contributed by atoms with E-state index in [1.165, 1.54) is 0 Å². The summed E-state index contributed by atoms with van der Waals surface area (Å²) in [4.78, 5) is 14.5.